The summed E-state index contributed by atoms with van der Waals surface area (Å²) in [5.41, 5.74) is 1.11. The third kappa shape index (κ3) is 0.888. The summed E-state index contributed by atoms with van der Waals surface area (Å²) in [5.74, 6) is 0.997. The molecular formula is C8H9N2O+. The van der Waals surface area contributed by atoms with Gasteiger partial charge in [-0.25, -0.2) is 14.7 Å². The molecule has 0 spiro atoms. The third-order valence-corrected chi connectivity index (χ3v) is 1.84. The highest BCUT2D eigenvalue weighted by Gasteiger charge is 2.26. The van der Waals surface area contributed by atoms with Gasteiger partial charge in [0.05, 0.1) is 6.20 Å². The number of nitrogens with zero attached hydrogens (tertiary/aromatic N) is 1. The zero-order valence-corrected chi connectivity index (χ0v) is 6.29. The Morgan fingerprint density at radius 1 is 1.64 bits per heavy atom. The van der Waals surface area contributed by atoms with Gasteiger partial charge in [0.15, 0.2) is 6.54 Å². The van der Waals surface area contributed by atoms with Crippen LogP contribution in [-0.2, 0) is 11.3 Å². The van der Waals surface area contributed by atoms with E-state index in [0.717, 1.165) is 11.4 Å². The summed E-state index contributed by atoms with van der Waals surface area (Å²) < 4.78 is 1.91. The highest BCUT2D eigenvalue weighted by atomic mass is 16.2. The van der Waals surface area contributed by atoms with Gasteiger partial charge in [0.25, 0.3) is 5.82 Å². The molecule has 0 saturated heterocycles. The van der Waals surface area contributed by atoms with Gasteiger partial charge in [0.1, 0.15) is 0 Å². The van der Waals surface area contributed by atoms with Crippen LogP contribution in [0.2, 0.25) is 0 Å². The number of carbonyl (C=O) groups is 1. The van der Waals surface area contributed by atoms with E-state index in [1.54, 1.807) is 0 Å². The second kappa shape index (κ2) is 2.05. The standard InChI is InChI=1S/C8H8N2O/c1-6-3-2-4-10-5-7(11)9-8(6)10/h2-4H,5H2,1H3/p+1. The van der Waals surface area contributed by atoms with Crippen LogP contribution in [0.15, 0.2) is 18.3 Å². The Kier molecular flexibility index (Phi) is 1.18. The van der Waals surface area contributed by atoms with E-state index in [2.05, 4.69) is 5.32 Å². The monoisotopic (exact) mass is 149 g/mol. The SMILES string of the molecule is Cc1ccc[n+]2c1NC(=O)C2. The van der Waals surface area contributed by atoms with Crippen LogP contribution in [0.3, 0.4) is 0 Å². The maximum absolute atomic E-state index is 10.9. The molecular weight excluding hydrogens is 140 g/mol. The number of pyridine rings is 1. The van der Waals surface area contributed by atoms with Crippen molar-refractivity contribution in [3.63, 3.8) is 0 Å². The number of hydrogen-bond acceptors (Lipinski definition) is 1. The van der Waals surface area contributed by atoms with Crippen molar-refractivity contribution >= 4 is 11.7 Å². The van der Waals surface area contributed by atoms with E-state index in [1.807, 2.05) is 29.8 Å². The fourth-order valence-corrected chi connectivity index (χ4v) is 1.30. The molecule has 0 fully saturated rings. The lowest BCUT2D eigenvalue weighted by atomic mass is 10.3. The van der Waals surface area contributed by atoms with Gasteiger partial charge in [-0.05, 0) is 19.1 Å². The third-order valence-electron chi connectivity index (χ3n) is 1.84. The second-order valence-electron chi connectivity index (χ2n) is 2.72. The predicted molar refractivity (Wildman–Crippen MR) is 40.0 cm³/mol. The van der Waals surface area contributed by atoms with Crippen LogP contribution in [0.1, 0.15) is 5.56 Å². The molecule has 0 aromatic carbocycles. The van der Waals surface area contributed by atoms with Crippen molar-refractivity contribution in [2.45, 2.75) is 13.5 Å². The minimum Gasteiger partial charge on any atom is -0.242 e. The van der Waals surface area contributed by atoms with Crippen molar-refractivity contribution in [3.05, 3.63) is 23.9 Å². The van der Waals surface area contributed by atoms with Gasteiger partial charge in [0.2, 0.25) is 0 Å². The maximum atomic E-state index is 10.9. The predicted octanol–water partition coefficient (Wildman–Crippen LogP) is 0.235. The molecule has 0 bridgehead atoms. The summed E-state index contributed by atoms with van der Waals surface area (Å²) in [6.07, 6.45) is 1.90. The summed E-state index contributed by atoms with van der Waals surface area (Å²) in [7, 11) is 0. The van der Waals surface area contributed by atoms with Crippen molar-refractivity contribution in [3.8, 4) is 0 Å². The van der Waals surface area contributed by atoms with Gasteiger partial charge >= 0.3 is 5.91 Å². The Morgan fingerprint density at radius 3 is 3.18 bits per heavy atom. The van der Waals surface area contributed by atoms with E-state index >= 15 is 0 Å². The Bertz CT molecular complexity index is 320. The van der Waals surface area contributed by atoms with E-state index in [4.69, 9.17) is 0 Å². The first-order valence-corrected chi connectivity index (χ1v) is 3.56. The van der Waals surface area contributed by atoms with Crippen LogP contribution in [-0.4, -0.2) is 5.91 Å². The van der Waals surface area contributed by atoms with Gasteiger partial charge < -0.3 is 0 Å². The number of carbonyl (C=O) groups excluding carboxylic acids is 1. The summed E-state index contributed by atoms with van der Waals surface area (Å²) in [4.78, 5) is 10.9. The molecule has 1 N–H and O–H groups in total. The van der Waals surface area contributed by atoms with E-state index in [1.165, 1.54) is 0 Å². The van der Waals surface area contributed by atoms with E-state index < -0.39 is 0 Å². The van der Waals surface area contributed by atoms with Crippen molar-refractivity contribution in [2.75, 3.05) is 5.32 Å². The van der Waals surface area contributed by atoms with E-state index in [9.17, 15) is 4.79 Å². The van der Waals surface area contributed by atoms with E-state index in [-0.39, 0.29) is 5.91 Å². The summed E-state index contributed by atoms with van der Waals surface area (Å²) in [6.45, 7) is 2.44. The topological polar surface area (TPSA) is 33.0 Å². The summed E-state index contributed by atoms with van der Waals surface area (Å²) >= 11 is 0. The summed E-state index contributed by atoms with van der Waals surface area (Å²) in [6, 6.07) is 3.93. The molecule has 56 valence electrons. The first kappa shape index (κ1) is 6.34. The zero-order valence-electron chi connectivity index (χ0n) is 6.29. The number of hydrogen-bond donors (Lipinski definition) is 1. The molecule has 2 rings (SSSR count). The first-order valence-electron chi connectivity index (χ1n) is 3.56. The van der Waals surface area contributed by atoms with Crippen molar-refractivity contribution in [2.24, 2.45) is 0 Å². The number of fused-ring (bicyclic) bond motifs is 1. The van der Waals surface area contributed by atoms with Crippen LogP contribution < -0.4 is 9.88 Å². The number of nitrogens with one attached hydrogen (secondary N) is 1. The van der Waals surface area contributed by atoms with Crippen molar-refractivity contribution < 1.29 is 9.36 Å². The molecule has 0 atom stereocenters. The number of aryl methyl sites for hydroxylation is 1. The lowest BCUT2D eigenvalue weighted by molar-refractivity contribution is -0.663. The highest BCUT2D eigenvalue weighted by molar-refractivity contribution is 5.90. The van der Waals surface area contributed by atoms with Gasteiger partial charge in [0, 0.05) is 5.56 Å². The number of amides is 1. The Balaban J connectivity index is 2.57. The van der Waals surface area contributed by atoms with Gasteiger partial charge in [-0.2, -0.15) is 0 Å². The minimum absolute atomic E-state index is 0.0688. The molecule has 11 heavy (non-hydrogen) atoms. The smallest absolute Gasteiger partial charge is 0.242 e. The molecule has 0 radical (unpaired) electrons. The number of rotatable bonds is 0. The van der Waals surface area contributed by atoms with Crippen LogP contribution in [0.5, 0.6) is 0 Å². The molecule has 0 saturated carbocycles. The van der Waals surface area contributed by atoms with Crippen LogP contribution >= 0.6 is 0 Å². The van der Waals surface area contributed by atoms with E-state index in [0.29, 0.717) is 6.54 Å². The molecule has 1 aliphatic heterocycles. The minimum atomic E-state index is 0.0688. The molecule has 1 aromatic rings. The van der Waals surface area contributed by atoms with Crippen LogP contribution in [0.4, 0.5) is 5.82 Å². The second-order valence-corrected chi connectivity index (χ2v) is 2.72. The lowest BCUT2D eigenvalue weighted by Gasteiger charge is -1.94. The lowest BCUT2D eigenvalue weighted by Crippen LogP contribution is -2.31. The average Bonchev–Trinajstić information content (AvgIpc) is 2.31. The highest BCUT2D eigenvalue weighted by Crippen LogP contribution is 2.10. The Hall–Kier alpha value is -1.38. The molecule has 3 nitrogen and oxygen atoms in total. The van der Waals surface area contributed by atoms with Crippen LogP contribution in [0, 0.1) is 6.92 Å². The number of aromatic nitrogens is 1. The quantitative estimate of drug-likeness (QED) is 0.526. The fourth-order valence-electron chi connectivity index (χ4n) is 1.30. The Labute approximate surface area is 64.7 Å². The van der Waals surface area contributed by atoms with Crippen molar-refractivity contribution in [1.82, 2.24) is 0 Å². The van der Waals surface area contributed by atoms with Gasteiger partial charge in [-0.1, -0.05) is 0 Å². The van der Waals surface area contributed by atoms with Gasteiger partial charge in [-0.15, -0.1) is 0 Å². The normalized spacial score (nSPS) is 14.5. The summed E-state index contributed by atoms with van der Waals surface area (Å²) in [5, 5.41) is 2.79. The molecule has 0 unspecified atom stereocenters. The zero-order chi connectivity index (χ0) is 7.84. The molecule has 3 heteroatoms. The maximum Gasteiger partial charge on any atom is 0.349 e. The first-order chi connectivity index (χ1) is 5.27. The molecule has 2 heterocycles. The molecule has 1 amide bonds. The fraction of sp³-hybridized carbons (Fsp3) is 0.250. The molecule has 1 aliphatic rings. The Morgan fingerprint density at radius 2 is 2.45 bits per heavy atom. The van der Waals surface area contributed by atoms with Crippen molar-refractivity contribution in [1.29, 1.82) is 0 Å². The largest absolute Gasteiger partial charge is 0.349 e. The molecule has 0 aliphatic carbocycles. The number of anilines is 1. The van der Waals surface area contributed by atoms with Crippen LogP contribution in [0.25, 0.3) is 0 Å². The molecule has 1 aromatic heterocycles. The average molecular weight is 149 g/mol. The van der Waals surface area contributed by atoms with Gasteiger partial charge in [-0.3, -0.25) is 0 Å².